The number of hydrogen-bond donors (Lipinski definition) is 1. The molecule has 0 saturated carbocycles. The van der Waals surface area contributed by atoms with Crippen LogP contribution in [0.15, 0.2) is 18.2 Å². The number of para-hydroxylation sites is 1. The van der Waals surface area contributed by atoms with Crippen LogP contribution >= 0.6 is 0 Å². The average molecular weight is 183 g/mol. The van der Waals surface area contributed by atoms with Crippen molar-refractivity contribution in [1.82, 2.24) is 0 Å². The third-order valence-electron chi connectivity index (χ3n) is 1.43. The van der Waals surface area contributed by atoms with E-state index in [4.69, 9.17) is 10.5 Å². The fraction of sp³-hybridized carbons (Fsp3) is 0.400. The van der Waals surface area contributed by atoms with Crippen LogP contribution < -0.4 is 10.5 Å². The van der Waals surface area contributed by atoms with E-state index in [1.807, 2.05) is 20.8 Å². The van der Waals surface area contributed by atoms with Crippen molar-refractivity contribution in [3.63, 3.8) is 0 Å². The fourth-order valence-electron chi connectivity index (χ4n) is 0.936. The predicted molar refractivity (Wildman–Crippen MR) is 51.2 cm³/mol. The minimum absolute atomic E-state index is 0.0671. The molecule has 0 heterocycles. The highest BCUT2D eigenvalue weighted by molar-refractivity contribution is 5.53. The third-order valence-corrected chi connectivity index (χ3v) is 1.43. The van der Waals surface area contributed by atoms with Gasteiger partial charge in [-0.25, -0.2) is 4.39 Å². The summed E-state index contributed by atoms with van der Waals surface area (Å²) >= 11 is 0. The highest BCUT2D eigenvalue weighted by atomic mass is 19.1. The van der Waals surface area contributed by atoms with Crippen molar-refractivity contribution in [3.8, 4) is 5.75 Å². The van der Waals surface area contributed by atoms with Gasteiger partial charge in [-0.2, -0.15) is 0 Å². The second-order valence-corrected chi connectivity index (χ2v) is 3.87. The van der Waals surface area contributed by atoms with E-state index >= 15 is 0 Å². The van der Waals surface area contributed by atoms with Gasteiger partial charge < -0.3 is 10.5 Å². The van der Waals surface area contributed by atoms with E-state index in [2.05, 4.69) is 0 Å². The molecule has 2 nitrogen and oxygen atoms in total. The molecular weight excluding hydrogens is 169 g/mol. The second kappa shape index (κ2) is 3.24. The Bertz CT molecular complexity index is 304. The Labute approximate surface area is 77.5 Å². The first kappa shape index (κ1) is 9.84. The molecule has 1 rings (SSSR count). The van der Waals surface area contributed by atoms with Crippen molar-refractivity contribution < 1.29 is 9.13 Å². The smallest absolute Gasteiger partial charge is 0.149 e. The van der Waals surface area contributed by atoms with E-state index in [0.717, 1.165) is 0 Å². The highest BCUT2D eigenvalue weighted by Gasteiger charge is 2.14. The van der Waals surface area contributed by atoms with Crippen LogP contribution in [0.5, 0.6) is 5.75 Å². The van der Waals surface area contributed by atoms with Gasteiger partial charge in [-0.05, 0) is 32.9 Å². The molecule has 0 saturated heterocycles. The molecule has 0 aliphatic rings. The molecule has 0 fully saturated rings. The van der Waals surface area contributed by atoms with Gasteiger partial charge >= 0.3 is 0 Å². The Kier molecular flexibility index (Phi) is 2.45. The van der Waals surface area contributed by atoms with Gasteiger partial charge in [0.1, 0.15) is 22.9 Å². The topological polar surface area (TPSA) is 35.2 Å². The van der Waals surface area contributed by atoms with E-state index in [1.54, 1.807) is 12.1 Å². The summed E-state index contributed by atoms with van der Waals surface area (Å²) in [5, 5.41) is 0. The Hall–Kier alpha value is -1.25. The predicted octanol–water partition coefficient (Wildman–Crippen LogP) is 2.59. The maximum absolute atomic E-state index is 12.9. The second-order valence-electron chi connectivity index (χ2n) is 3.87. The van der Waals surface area contributed by atoms with Crippen molar-refractivity contribution in [2.24, 2.45) is 0 Å². The standard InChI is InChI=1S/C10H14FNO/c1-10(2,3)13-8-6-4-5-7(11)9(8)12/h4-6H,12H2,1-3H3. The van der Waals surface area contributed by atoms with Crippen LogP contribution in [0.3, 0.4) is 0 Å². The Morgan fingerprint density at radius 3 is 2.46 bits per heavy atom. The van der Waals surface area contributed by atoms with Crippen molar-refractivity contribution in [2.75, 3.05) is 5.73 Å². The first-order valence-electron chi connectivity index (χ1n) is 4.13. The van der Waals surface area contributed by atoms with Gasteiger partial charge in [-0.15, -0.1) is 0 Å². The maximum atomic E-state index is 12.9. The molecule has 0 aliphatic heterocycles. The van der Waals surface area contributed by atoms with Crippen molar-refractivity contribution in [2.45, 2.75) is 26.4 Å². The zero-order valence-electron chi connectivity index (χ0n) is 8.10. The monoisotopic (exact) mass is 183 g/mol. The first-order chi connectivity index (χ1) is 5.90. The van der Waals surface area contributed by atoms with Crippen LogP contribution in [0.4, 0.5) is 10.1 Å². The number of benzene rings is 1. The van der Waals surface area contributed by atoms with E-state index in [1.165, 1.54) is 6.07 Å². The van der Waals surface area contributed by atoms with Crippen LogP contribution in [0.2, 0.25) is 0 Å². The van der Waals surface area contributed by atoms with Gasteiger partial charge in [0.15, 0.2) is 0 Å². The molecule has 0 bridgehead atoms. The number of ether oxygens (including phenoxy) is 1. The van der Waals surface area contributed by atoms with Crippen molar-refractivity contribution >= 4 is 5.69 Å². The first-order valence-corrected chi connectivity index (χ1v) is 4.13. The molecule has 2 N–H and O–H groups in total. The molecule has 1 aromatic rings. The normalized spacial score (nSPS) is 11.4. The van der Waals surface area contributed by atoms with Gasteiger partial charge in [0.25, 0.3) is 0 Å². The summed E-state index contributed by atoms with van der Waals surface area (Å²) < 4.78 is 18.4. The van der Waals surface area contributed by atoms with Gasteiger partial charge in [-0.3, -0.25) is 0 Å². The third kappa shape index (κ3) is 2.61. The Morgan fingerprint density at radius 2 is 1.92 bits per heavy atom. The number of halogens is 1. The molecule has 0 atom stereocenters. The number of rotatable bonds is 1. The number of nitrogen functional groups attached to an aromatic ring is 1. The maximum Gasteiger partial charge on any atom is 0.149 e. The highest BCUT2D eigenvalue weighted by Crippen LogP contribution is 2.27. The molecule has 1 aromatic carbocycles. The molecule has 0 aromatic heterocycles. The molecule has 0 spiro atoms. The van der Waals surface area contributed by atoms with Crippen molar-refractivity contribution in [3.05, 3.63) is 24.0 Å². The lowest BCUT2D eigenvalue weighted by molar-refractivity contribution is 0.131. The Morgan fingerprint density at radius 1 is 1.31 bits per heavy atom. The summed E-state index contributed by atoms with van der Waals surface area (Å²) in [4.78, 5) is 0. The largest absolute Gasteiger partial charge is 0.486 e. The van der Waals surface area contributed by atoms with Crippen molar-refractivity contribution in [1.29, 1.82) is 0 Å². The van der Waals surface area contributed by atoms with Crippen LogP contribution in [0, 0.1) is 5.82 Å². The van der Waals surface area contributed by atoms with Crippen LogP contribution in [0.25, 0.3) is 0 Å². The molecule has 0 aliphatic carbocycles. The quantitative estimate of drug-likeness (QED) is 0.679. The summed E-state index contributed by atoms with van der Waals surface area (Å²) in [7, 11) is 0. The molecule has 0 unspecified atom stereocenters. The number of nitrogens with two attached hydrogens (primary N) is 1. The average Bonchev–Trinajstić information content (AvgIpc) is 1.96. The molecule has 72 valence electrons. The van der Waals surface area contributed by atoms with Crippen LogP contribution in [-0.2, 0) is 0 Å². The lowest BCUT2D eigenvalue weighted by atomic mass is 10.2. The zero-order chi connectivity index (χ0) is 10.1. The van der Waals surface area contributed by atoms with Crippen LogP contribution in [0.1, 0.15) is 20.8 Å². The van der Waals surface area contributed by atoms with Gasteiger partial charge in [0.2, 0.25) is 0 Å². The number of anilines is 1. The summed E-state index contributed by atoms with van der Waals surface area (Å²) in [6.45, 7) is 5.66. The molecule has 0 radical (unpaired) electrons. The van der Waals surface area contributed by atoms with E-state index in [-0.39, 0.29) is 11.3 Å². The van der Waals surface area contributed by atoms with E-state index < -0.39 is 5.82 Å². The molecule has 13 heavy (non-hydrogen) atoms. The summed E-state index contributed by atoms with van der Waals surface area (Å²) in [5.74, 6) is -0.0470. The minimum atomic E-state index is -0.443. The minimum Gasteiger partial charge on any atom is -0.486 e. The fourth-order valence-corrected chi connectivity index (χ4v) is 0.936. The molecular formula is C10H14FNO. The zero-order valence-corrected chi connectivity index (χ0v) is 8.10. The van der Waals surface area contributed by atoms with Gasteiger partial charge in [-0.1, -0.05) is 6.07 Å². The van der Waals surface area contributed by atoms with E-state index in [9.17, 15) is 4.39 Å². The van der Waals surface area contributed by atoms with Gasteiger partial charge in [0, 0.05) is 0 Å². The lowest BCUT2D eigenvalue weighted by Crippen LogP contribution is -2.23. The molecule has 3 heteroatoms. The van der Waals surface area contributed by atoms with Crippen LogP contribution in [-0.4, -0.2) is 5.60 Å². The summed E-state index contributed by atoms with van der Waals surface area (Å²) in [5.41, 5.74) is 5.20. The summed E-state index contributed by atoms with van der Waals surface area (Å²) in [6, 6.07) is 4.54. The summed E-state index contributed by atoms with van der Waals surface area (Å²) in [6.07, 6.45) is 0. The van der Waals surface area contributed by atoms with E-state index in [0.29, 0.717) is 5.75 Å². The Balaban J connectivity index is 2.96. The van der Waals surface area contributed by atoms with Gasteiger partial charge in [0.05, 0.1) is 0 Å². The SMILES string of the molecule is CC(C)(C)Oc1cccc(F)c1N. The number of hydrogen-bond acceptors (Lipinski definition) is 2. The lowest BCUT2D eigenvalue weighted by Gasteiger charge is -2.22. The molecule has 0 amide bonds.